The van der Waals surface area contributed by atoms with Crippen LogP contribution in [0.1, 0.15) is 20.8 Å². The molecule has 0 saturated heterocycles. The van der Waals surface area contributed by atoms with E-state index in [4.69, 9.17) is 4.43 Å². The predicted molar refractivity (Wildman–Crippen MR) is 33.3 cm³/mol. The highest BCUT2D eigenvalue weighted by Crippen LogP contribution is 2.01. The van der Waals surface area contributed by atoms with Crippen LogP contribution in [-0.4, -0.2) is 16.1 Å². The van der Waals surface area contributed by atoms with E-state index < -0.39 is 0 Å². The second kappa shape index (κ2) is 3.15. The Balaban J connectivity index is 0. The summed E-state index contributed by atoms with van der Waals surface area (Å²) in [4.78, 5) is 0. The van der Waals surface area contributed by atoms with Crippen LogP contribution in [0.3, 0.4) is 0 Å². The topological polar surface area (TPSA) is 9.23 Å². The first-order chi connectivity index (χ1) is 2.56. The van der Waals surface area contributed by atoms with Crippen molar-refractivity contribution in [1.29, 1.82) is 0 Å². The summed E-state index contributed by atoms with van der Waals surface area (Å²) in [6.45, 7) is 6.17. The Morgan fingerprint density at radius 2 is 1.43 bits per heavy atom. The van der Waals surface area contributed by atoms with E-state index in [1.807, 2.05) is 0 Å². The summed E-state index contributed by atoms with van der Waals surface area (Å²) >= 11 is 0. The van der Waals surface area contributed by atoms with Gasteiger partial charge in [0.2, 0.25) is 0 Å². The van der Waals surface area contributed by atoms with Crippen molar-refractivity contribution >= 4 is 10.5 Å². The zero-order valence-corrected chi connectivity index (χ0v) is 7.32. The fourth-order valence-electron chi connectivity index (χ4n) is 0. The van der Waals surface area contributed by atoms with Gasteiger partial charge in [0.25, 0.3) is 0 Å². The van der Waals surface area contributed by atoms with E-state index in [-0.39, 0.29) is 10.3 Å². The average molecular weight is 124 g/mol. The third-order valence-corrected chi connectivity index (χ3v) is 1.84. The number of hydrogen-bond donors (Lipinski definition) is 0. The lowest BCUT2D eigenvalue weighted by molar-refractivity contribution is 0.147. The maximum Gasteiger partial charge on any atom is 0.146 e. The van der Waals surface area contributed by atoms with Crippen LogP contribution in [0.25, 0.3) is 0 Å². The van der Waals surface area contributed by atoms with Gasteiger partial charge in [-0.15, -0.1) is 0 Å². The van der Waals surface area contributed by atoms with Crippen LogP contribution in [0.5, 0.6) is 0 Å². The van der Waals surface area contributed by atoms with Gasteiger partial charge in [-0.2, -0.15) is 0 Å². The maximum absolute atomic E-state index is 5.08. The summed E-state index contributed by atoms with van der Waals surface area (Å²) in [5, 5.41) is 0. The molecule has 0 aliphatic heterocycles. The molecule has 1 nitrogen and oxygen atoms in total. The molecule has 0 rings (SSSR count). The quantitative estimate of drug-likeness (QED) is 0.420. The zero-order valence-electron chi connectivity index (χ0n) is 5.32. The molecule has 0 aliphatic carbocycles. The van der Waals surface area contributed by atoms with Gasteiger partial charge in [0.05, 0.1) is 0 Å². The Bertz CT molecular complexity index is 41.4. The summed E-state index contributed by atoms with van der Waals surface area (Å²) in [5.41, 5.74) is 0.103. The summed E-state index contributed by atoms with van der Waals surface area (Å²) in [6, 6.07) is 0. The monoisotopic (exact) mass is 124 g/mol. The van der Waals surface area contributed by atoms with Gasteiger partial charge in [-0.3, -0.25) is 4.70 Å². The van der Waals surface area contributed by atoms with Crippen LogP contribution in [0, 0.1) is 0 Å². The summed E-state index contributed by atoms with van der Waals surface area (Å²) in [6.07, 6.45) is 0. The van der Waals surface area contributed by atoms with Gasteiger partial charge in [-0.05, 0) is 20.8 Å². The van der Waals surface area contributed by atoms with Crippen molar-refractivity contribution in [2.45, 2.75) is 26.4 Å². The van der Waals surface area contributed by atoms with Crippen LogP contribution in [0.2, 0.25) is 0 Å². The summed E-state index contributed by atoms with van der Waals surface area (Å²) in [7, 11) is 0.848. The standard InChI is InChI=1S/C4H12OSi.FH/c1-4(2,3)5-6;/h1-3,6H3;1H. The molecule has 0 fully saturated rings. The molecule has 0 aromatic carbocycles. The van der Waals surface area contributed by atoms with Crippen molar-refractivity contribution in [2.24, 2.45) is 0 Å². The second-order valence-electron chi connectivity index (χ2n) is 2.32. The largest absolute Gasteiger partial charge is 0.423 e. The normalized spacial score (nSPS) is 10.7. The molecule has 0 spiro atoms. The molecule has 0 bridgehead atoms. The van der Waals surface area contributed by atoms with Gasteiger partial charge in [-0.1, -0.05) is 0 Å². The molecule has 0 atom stereocenters. The van der Waals surface area contributed by atoms with E-state index in [2.05, 4.69) is 20.8 Å². The summed E-state index contributed by atoms with van der Waals surface area (Å²) in [5.74, 6) is 0. The molecule has 46 valence electrons. The minimum absolute atomic E-state index is 0. The van der Waals surface area contributed by atoms with Crippen LogP contribution >= 0.6 is 0 Å². The molecule has 7 heavy (non-hydrogen) atoms. The Labute approximate surface area is 47.0 Å². The average Bonchev–Trinajstić information content (AvgIpc) is 1.35. The van der Waals surface area contributed by atoms with Crippen molar-refractivity contribution < 1.29 is 9.13 Å². The van der Waals surface area contributed by atoms with Crippen LogP contribution in [0.15, 0.2) is 0 Å². The molecule has 3 heteroatoms. The van der Waals surface area contributed by atoms with Crippen molar-refractivity contribution in [3.63, 3.8) is 0 Å². The smallest absolute Gasteiger partial charge is 0.146 e. The lowest BCUT2D eigenvalue weighted by Crippen LogP contribution is -2.16. The SMILES string of the molecule is CC(C)(C)O[SiH3].F. The lowest BCUT2D eigenvalue weighted by Gasteiger charge is -2.15. The Morgan fingerprint density at radius 3 is 1.43 bits per heavy atom. The highest BCUT2D eigenvalue weighted by atomic mass is 28.2. The van der Waals surface area contributed by atoms with Crippen LogP contribution in [0.4, 0.5) is 4.70 Å². The third-order valence-electron chi connectivity index (χ3n) is 0.612. The molecule has 0 N–H and O–H groups in total. The van der Waals surface area contributed by atoms with Crippen molar-refractivity contribution in [3.05, 3.63) is 0 Å². The van der Waals surface area contributed by atoms with Crippen molar-refractivity contribution in [3.8, 4) is 0 Å². The fraction of sp³-hybridized carbons (Fsp3) is 1.00. The lowest BCUT2D eigenvalue weighted by atomic mass is 10.2. The summed E-state index contributed by atoms with van der Waals surface area (Å²) < 4.78 is 5.08. The minimum atomic E-state index is 0. The molecule has 0 unspecified atom stereocenters. The Hall–Kier alpha value is 0.107. The van der Waals surface area contributed by atoms with Crippen molar-refractivity contribution in [1.82, 2.24) is 0 Å². The van der Waals surface area contributed by atoms with Gasteiger partial charge in [-0.25, -0.2) is 0 Å². The Kier molecular flexibility index (Phi) is 4.58. The first-order valence-corrected chi connectivity index (χ1v) is 2.93. The third kappa shape index (κ3) is 10.7. The molecular formula is C4H13FOSi. The zero-order chi connectivity index (χ0) is 5.21. The number of rotatable bonds is 0. The van der Waals surface area contributed by atoms with E-state index in [9.17, 15) is 0 Å². The minimum Gasteiger partial charge on any atom is -0.423 e. The Morgan fingerprint density at radius 1 is 1.29 bits per heavy atom. The van der Waals surface area contributed by atoms with E-state index in [0.717, 1.165) is 10.5 Å². The molecule has 0 amide bonds. The second-order valence-corrected chi connectivity index (χ2v) is 2.72. The number of halogens is 1. The van der Waals surface area contributed by atoms with Crippen LogP contribution < -0.4 is 0 Å². The molecule has 0 heterocycles. The van der Waals surface area contributed by atoms with E-state index in [1.54, 1.807) is 0 Å². The highest BCUT2D eigenvalue weighted by molar-refractivity contribution is 5.98. The maximum atomic E-state index is 5.08. The molecule has 0 aliphatic rings. The molecule has 0 radical (unpaired) electrons. The molecular weight excluding hydrogens is 111 g/mol. The van der Waals surface area contributed by atoms with Crippen LogP contribution in [-0.2, 0) is 4.43 Å². The van der Waals surface area contributed by atoms with Gasteiger partial charge in [0.15, 0.2) is 0 Å². The van der Waals surface area contributed by atoms with E-state index in [1.165, 1.54) is 0 Å². The van der Waals surface area contributed by atoms with Gasteiger partial charge < -0.3 is 4.43 Å². The van der Waals surface area contributed by atoms with Gasteiger partial charge in [0, 0.05) is 5.60 Å². The molecule has 0 saturated carbocycles. The predicted octanol–water partition coefficient (Wildman–Crippen LogP) is 0.234. The van der Waals surface area contributed by atoms with Gasteiger partial charge >= 0.3 is 0 Å². The number of hydrogen-bond acceptors (Lipinski definition) is 1. The fourth-order valence-corrected chi connectivity index (χ4v) is 0. The van der Waals surface area contributed by atoms with E-state index in [0.29, 0.717) is 0 Å². The highest BCUT2D eigenvalue weighted by Gasteiger charge is 2.03. The van der Waals surface area contributed by atoms with Crippen molar-refractivity contribution in [2.75, 3.05) is 0 Å². The first-order valence-electron chi connectivity index (χ1n) is 2.11. The van der Waals surface area contributed by atoms with Gasteiger partial charge in [0.1, 0.15) is 10.5 Å². The molecule has 0 aromatic rings. The molecule has 0 aromatic heterocycles. The first kappa shape index (κ1) is 10.2. The van der Waals surface area contributed by atoms with E-state index >= 15 is 0 Å².